The number of H-pyrrole nitrogens is 1. The number of anilines is 1. The minimum Gasteiger partial charge on any atom is -0.384 e. The minimum atomic E-state index is -0.815. The number of halogens is 2. The summed E-state index contributed by atoms with van der Waals surface area (Å²) in [6, 6.07) is 7.29. The molecule has 3 aromatic rings. The van der Waals surface area contributed by atoms with Gasteiger partial charge in [0.2, 0.25) is 11.7 Å². The van der Waals surface area contributed by atoms with Crippen molar-refractivity contribution in [3.05, 3.63) is 90.1 Å². The molecular weight excluding hydrogens is 411 g/mol. The van der Waals surface area contributed by atoms with Gasteiger partial charge in [-0.3, -0.25) is 19.1 Å². The van der Waals surface area contributed by atoms with Gasteiger partial charge in [-0.25, -0.2) is 9.78 Å². The van der Waals surface area contributed by atoms with Crippen molar-refractivity contribution >= 4 is 23.2 Å². The monoisotopic (exact) mass is 430 g/mol. The number of carbonyl (C=O) groups is 1. The zero-order chi connectivity index (χ0) is 22.2. The number of nitrogens with one attached hydrogen (secondary N) is 1. The molecule has 0 unspecified atom stereocenters. The number of aromatic amines is 1. The number of nitrogens with zero attached hydrogens (tertiary/aromatic N) is 2. The molecule has 0 aliphatic carbocycles. The molecule has 0 amide bonds. The summed E-state index contributed by atoms with van der Waals surface area (Å²) in [7, 11) is 0. The van der Waals surface area contributed by atoms with Gasteiger partial charge in [0.1, 0.15) is 11.5 Å². The largest absolute Gasteiger partial charge is 0.384 e. The first-order chi connectivity index (χ1) is 14.1. The smallest absolute Gasteiger partial charge is 0.329 e. The number of pyridine rings is 1. The summed E-state index contributed by atoms with van der Waals surface area (Å²) in [5, 5.41) is 0.354. The van der Waals surface area contributed by atoms with Crippen LogP contribution in [0.1, 0.15) is 52.5 Å². The number of benzene rings is 1. The second-order valence-corrected chi connectivity index (χ2v) is 7.77. The van der Waals surface area contributed by atoms with Crippen LogP contribution in [-0.4, -0.2) is 20.3 Å². The number of ketones is 1. The van der Waals surface area contributed by atoms with Crippen LogP contribution in [-0.2, 0) is 6.54 Å². The number of carbonyl (C=O) groups excluding carboxylic acids is 1. The molecule has 3 rings (SSSR count). The number of nitrogen functional groups attached to an aromatic ring is 1. The maximum Gasteiger partial charge on any atom is 0.329 e. The molecule has 9 heteroatoms. The van der Waals surface area contributed by atoms with Crippen molar-refractivity contribution in [3.63, 3.8) is 0 Å². The van der Waals surface area contributed by atoms with Crippen LogP contribution in [0.15, 0.2) is 39.9 Å². The fourth-order valence-electron chi connectivity index (χ4n) is 3.37. The second-order valence-electron chi connectivity index (χ2n) is 7.33. The van der Waals surface area contributed by atoms with Crippen LogP contribution in [0.4, 0.5) is 10.2 Å². The van der Waals surface area contributed by atoms with Gasteiger partial charge in [0, 0.05) is 16.1 Å². The maximum absolute atomic E-state index is 13.7. The molecule has 0 aliphatic rings. The molecule has 0 atom stereocenters. The van der Waals surface area contributed by atoms with Gasteiger partial charge >= 0.3 is 5.69 Å². The molecule has 2 heterocycles. The van der Waals surface area contributed by atoms with Gasteiger partial charge in [-0.2, -0.15) is 4.39 Å². The summed E-state index contributed by atoms with van der Waals surface area (Å²) >= 11 is 6.10. The number of rotatable bonds is 5. The van der Waals surface area contributed by atoms with E-state index in [4.69, 9.17) is 17.3 Å². The molecule has 0 spiro atoms. The van der Waals surface area contributed by atoms with E-state index >= 15 is 0 Å². The molecule has 7 nitrogen and oxygen atoms in total. The van der Waals surface area contributed by atoms with Crippen molar-refractivity contribution in [3.8, 4) is 0 Å². The molecule has 3 N–H and O–H groups in total. The van der Waals surface area contributed by atoms with E-state index in [9.17, 15) is 18.8 Å². The number of aryl methyl sites for hydroxylation is 1. The van der Waals surface area contributed by atoms with Crippen molar-refractivity contribution in [2.24, 2.45) is 0 Å². The van der Waals surface area contributed by atoms with Crippen molar-refractivity contribution in [1.29, 1.82) is 0 Å². The number of aromatic nitrogens is 3. The average molecular weight is 431 g/mol. The Morgan fingerprint density at radius 2 is 1.93 bits per heavy atom. The van der Waals surface area contributed by atoms with E-state index in [0.29, 0.717) is 10.6 Å². The highest BCUT2D eigenvalue weighted by molar-refractivity contribution is 6.31. The highest BCUT2D eigenvalue weighted by Crippen LogP contribution is 2.22. The fourth-order valence-corrected chi connectivity index (χ4v) is 3.66. The first-order valence-corrected chi connectivity index (χ1v) is 9.55. The van der Waals surface area contributed by atoms with Crippen molar-refractivity contribution in [1.82, 2.24) is 14.5 Å². The topological polar surface area (TPSA) is 111 Å². The molecule has 0 saturated carbocycles. The third-order valence-corrected chi connectivity index (χ3v) is 4.76. The Balaban J connectivity index is 2.29. The highest BCUT2D eigenvalue weighted by Gasteiger charge is 2.25. The lowest BCUT2D eigenvalue weighted by Gasteiger charge is -2.18. The molecule has 0 fully saturated rings. The fraction of sp³-hybridized carbons (Fsp3) is 0.238. The van der Waals surface area contributed by atoms with E-state index in [2.05, 4.69) is 9.97 Å². The summed E-state index contributed by atoms with van der Waals surface area (Å²) < 4.78 is 14.8. The van der Waals surface area contributed by atoms with Crippen LogP contribution in [0.5, 0.6) is 0 Å². The Kier molecular flexibility index (Phi) is 5.89. The Morgan fingerprint density at radius 1 is 1.23 bits per heavy atom. The number of hydrogen-bond donors (Lipinski definition) is 2. The predicted octanol–water partition coefficient (Wildman–Crippen LogP) is 3.02. The molecule has 2 aromatic heterocycles. The summed E-state index contributed by atoms with van der Waals surface area (Å²) in [5.74, 6) is -1.77. The lowest BCUT2D eigenvalue weighted by atomic mass is 9.96. The first-order valence-electron chi connectivity index (χ1n) is 9.17. The normalized spacial score (nSPS) is 11.1. The van der Waals surface area contributed by atoms with E-state index in [0.717, 1.165) is 16.2 Å². The van der Waals surface area contributed by atoms with Gasteiger partial charge in [-0.15, -0.1) is 0 Å². The molecule has 156 valence electrons. The Labute approximate surface area is 176 Å². The van der Waals surface area contributed by atoms with E-state index in [1.54, 1.807) is 32.9 Å². The number of hydrogen-bond acceptors (Lipinski definition) is 5. The van der Waals surface area contributed by atoms with Gasteiger partial charge in [0.15, 0.2) is 0 Å². The van der Waals surface area contributed by atoms with Gasteiger partial charge in [0.05, 0.1) is 6.54 Å². The number of nitrogens with two attached hydrogens (primary N) is 1. The van der Waals surface area contributed by atoms with Crippen LogP contribution in [0, 0.1) is 12.9 Å². The lowest BCUT2D eigenvalue weighted by molar-refractivity contribution is 0.102. The summed E-state index contributed by atoms with van der Waals surface area (Å²) in [6.07, 6.45) is 0. The van der Waals surface area contributed by atoms with Crippen molar-refractivity contribution in [2.45, 2.75) is 33.2 Å². The third-order valence-electron chi connectivity index (χ3n) is 4.55. The SMILES string of the molecule is Cc1cc(Cl)cc(C(=O)c2c(C(C)C)c(=O)[nH]c(=O)n2Cc2cc(N)nc(F)c2)c1. The molecule has 1 aromatic carbocycles. The van der Waals surface area contributed by atoms with Crippen LogP contribution in [0.2, 0.25) is 5.02 Å². The van der Waals surface area contributed by atoms with E-state index in [1.165, 1.54) is 12.1 Å². The Hall–Kier alpha value is -3.26. The van der Waals surface area contributed by atoms with Crippen LogP contribution in [0.3, 0.4) is 0 Å². The standard InChI is InChI=1S/C21H20ClFN4O3/c1-10(2)17-18(19(28)13-4-11(3)5-14(22)8-13)27(21(30)26-20(17)29)9-12-6-15(23)25-16(24)7-12/h4-8,10H,9H2,1-3H3,(H2,24,25)(H,26,29,30). The van der Waals surface area contributed by atoms with E-state index in [-0.39, 0.29) is 35.1 Å². The highest BCUT2D eigenvalue weighted by atomic mass is 35.5. The molecule has 0 aliphatic heterocycles. The quantitative estimate of drug-likeness (QED) is 0.477. The summed E-state index contributed by atoms with van der Waals surface area (Å²) in [5.41, 5.74) is 5.55. The van der Waals surface area contributed by atoms with E-state index in [1.807, 2.05) is 0 Å². The first kappa shape index (κ1) is 21.4. The second kappa shape index (κ2) is 8.23. The molecule has 30 heavy (non-hydrogen) atoms. The third kappa shape index (κ3) is 4.33. The van der Waals surface area contributed by atoms with Gasteiger partial charge in [-0.1, -0.05) is 25.4 Å². The molecular formula is C21H20ClFN4O3. The van der Waals surface area contributed by atoms with Crippen LogP contribution in [0.25, 0.3) is 0 Å². The minimum absolute atomic E-state index is 0.0649. The summed E-state index contributed by atoms with van der Waals surface area (Å²) in [4.78, 5) is 44.4. The predicted molar refractivity (Wildman–Crippen MR) is 113 cm³/mol. The molecule has 0 bridgehead atoms. The maximum atomic E-state index is 13.7. The lowest BCUT2D eigenvalue weighted by Crippen LogP contribution is -2.38. The van der Waals surface area contributed by atoms with Crippen LogP contribution < -0.4 is 17.0 Å². The Bertz CT molecular complexity index is 1220. The summed E-state index contributed by atoms with van der Waals surface area (Å²) in [6.45, 7) is 5.08. The van der Waals surface area contributed by atoms with Crippen molar-refractivity contribution < 1.29 is 9.18 Å². The van der Waals surface area contributed by atoms with Gasteiger partial charge in [-0.05, 0) is 54.3 Å². The zero-order valence-corrected chi connectivity index (χ0v) is 17.4. The van der Waals surface area contributed by atoms with Crippen molar-refractivity contribution in [2.75, 3.05) is 5.73 Å². The van der Waals surface area contributed by atoms with Crippen LogP contribution >= 0.6 is 11.6 Å². The van der Waals surface area contributed by atoms with Gasteiger partial charge < -0.3 is 5.73 Å². The molecule has 0 radical (unpaired) electrons. The van der Waals surface area contributed by atoms with Gasteiger partial charge in [0.25, 0.3) is 5.56 Å². The average Bonchev–Trinajstić information content (AvgIpc) is 2.61. The van der Waals surface area contributed by atoms with E-state index < -0.39 is 23.0 Å². The molecule has 0 saturated heterocycles. The zero-order valence-electron chi connectivity index (χ0n) is 16.6. The Morgan fingerprint density at radius 3 is 2.53 bits per heavy atom.